The summed E-state index contributed by atoms with van der Waals surface area (Å²) in [5.41, 5.74) is 3.82. The van der Waals surface area contributed by atoms with Crippen LogP contribution in [-0.4, -0.2) is 30.6 Å². The third kappa shape index (κ3) is 2.80. The second kappa shape index (κ2) is 6.20. The van der Waals surface area contributed by atoms with Crippen molar-refractivity contribution in [3.8, 4) is 11.5 Å². The molecule has 4 aromatic heterocycles. The number of aryl methyl sites for hydroxylation is 2. The van der Waals surface area contributed by atoms with Crippen molar-refractivity contribution in [3.05, 3.63) is 64.4 Å². The molecule has 1 aromatic carbocycles. The zero-order valence-corrected chi connectivity index (χ0v) is 15.6. The number of carbonyl (C=O) groups is 1. The third-order valence-corrected chi connectivity index (χ3v) is 4.76. The summed E-state index contributed by atoms with van der Waals surface area (Å²) in [6, 6.07) is 10.4. The molecular weight excluding hydrogens is 372 g/mol. The van der Waals surface area contributed by atoms with Crippen LogP contribution in [0.25, 0.3) is 33.5 Å². The van der Waals surface area contributed by atoms with E-state index in [1.54, 1.807) is 54.4 Å². The fraction of sp³-hybridized carbons (Fsp3) is 0.100. The van der Waals surface area contributed by atoms with E-state index in [0.29, 0.717) is 50.5 Å². The van der Waals surface area contributed by atoms with Crippen LogP contribution in [0.5, 0.6) is 0 Å². The van der Waals surface area contributed by atoms with Crippen molar-refractivity contribution in [1.82, 2.24) is 24.7 Å². The van der Waals surface area contributed by atoms with E-state index in [-0.39, 0.29) is 11.6 Å². The molecule has 0 aliphatic rings. The van der Waals surface area contributed by atoms with Crippen molar-refractivity contribution in [1.29, 1.82) is 0 Å². The Balaban J connectivity index is 1.62. The predicted octanol–water partition coefficient (Wildman–Crippen LogP) is 2.96. The van der Waals surface area contributed by atoms with Gasteiger partial charge in [0.15, 0.2) is 11.4 Å². The highest BCUT2D eigenvalue weighted by Gasteiger charge is 2.20. The number of hydrogen-bond acceptors (Lipinski definition) is 5. The van der Waals surface area contributed by atoms with Gasteiger partial charge in [0.05, 0.1) is 33.9 Å². The molecule has 9 nitrogen and oxygen atoms in total. The largest absolute Gasteiger partial charge is 0.463 e. The van der Waals surface area contributed by atoms with E-state index in [2.05, 4.69) is 25.4 Å². The maximum Gasteiger partial charge on any atom is 0.323 e. The summed E-state index contributed by atoms with van der Waals surface area (Å²) in [5.74, 6) is 0.254. The quantitative estimate of drug-likeness (QED) is 0.439. The van der Waals surface area contributed by atoms with Crippen LogP contribution in [0.15, 0.2) is 51.9 Å². The van der Waals surface area contributed by atoms with Crippen LogP contribution in [0, 0.1) is 6.92 Å². The fourth-order valence-electron chi connectivity index (χ4n) is 3.48. The number of nitrogens with one attached hydrogen (secondary N) is 3. The molecule has 0 saturated carbocycles. The number of carbonyl (C=O) groups excluding carboxylic acids is 1. The first-order valence-electron chi connectivity index (χ1n) is 8.91. The van der Waals surface area contributed by atoms with Crippen LogP contribution in [0.1, 0.15) is 16.1 Å². The molecule has 0 spiro atoms. The Hall–Kier alpha value is -4.14. The van der Waals surface area contributed by atoms with Crippen molar-refractivity contribution < 1.29 is 9.21 Å². The van der Waals surface area contributed by atoms with E-state index in [1.165, 1.54) is 0 Å². The zero-order valence-electron chi connectivity index (χ0n) is 15.6. The third-order valence-electron chi connectivity index (χ3n) is 4.76. The fourth-order valence-corrected chi connectivity index (χ4v) is 3.48. The van der Waals surface area contributed by atoms with Gasteiger partial charge in [-0.15, -0.1) is 0 Å². The van der Waals surface area contributed by atoms with Crippen molar-refractivity contribution >= 4 is 33.7 Å². The molecule has 0 bridgehead atoms. The first-order chi connectivity index (χ1) is 14.0. The molecule has 0 aliphatic carbocycles. The molecule has 0 radical (unpaired) electrons. The number of nitrogens with zero attached hydrogens (tertiary/aromatic N) is 3. The van der Waals surface area contributed by atoms with Gasteiger partial charge in [0.2, 0.25) is 0 Å². The Morgan fingerprint density at radius 3 is 2.79 bits per heavy atom. The van der Waals surface area contributed by atoms with E-state index in [4.69, 9.17) is 4.42 Å². The van der Waals surface area contributed by atoms with Gasteiger partial charge in [-0.3, -0.25) is 9.48 Å². The van der Waals surface area contributed by atoms with Gasteiger partial charge in [0, 0.05) is 12.7 Å². The maximum absolute atomic E-state index is 13.2. The Morgan fingerprint density at radius 1 is 1.17 bits per heavy atom. The number of furan rings is 1. The molecule has 9 heteroatoms. The molecule has 5 aromatic rings. The molecule has 0 fully saturated rings. The molecule has 3 N–H and O–H groups in total. The van der Waals surface area contributed by atoms with E-state index in [9.17, 15) is 9.59 Å². The van der Waals surface area contributed by atoms with Gasteiger partial charge in [-0.1, -0.05) is 0 Å². The SMILES string of the molecule is Cc1nn(C)c2nc(-c3ccco3)cc(C(=O)Nc3ccc4[nH]c(=O)[nH]c4c3)c12. The van der Waals surface area contributed by atoms with Gasteiger partial charge in [-0.25, -0.2) is 9.78 Å². The van der Waals surface area contributed by atoms with Crippen LogP contribution in [0.2, 0.25) is 0 Å². The second-order valence-corrected chi connectivity index (χ2v) is 6.73. The number of amides is 1. The van der Waals surface area contributed by atoms with Gasteiger partial charge in [-0.05, 0) is 43.3 Å². The Bertz CT molecular complexity index is 1440. The number of fused-ring (bicyclic) bond motifs is 2. The number of aromatic nitrogens is 5. The van der Waals surface area contributed by atoms with Crippen molar-refractivity contribution in [2.24, 2.45) is 7.05 Å². The number of rotatable bonds is 3. The van der Waals surface area contributed by atoms with E-state index in [1.807, 2.05) is 6.92 Å². The lowest BCUT2D eigenvalue weighted by atomic mass is 10.1. The summed E-state index contributed by atoms with van der Waals surface area (Å²) in [4.78, 5) is 34.6. The van der Waals surface area contributed by atoms with Gasteiger partial charge in [-0.2, -0.15) is 5.10 Å². The van der Waals surface area contributed by atoms with Crippen molar-refractivity contribution in [2.75, 3.05) is 5.32 Å². The smallest absolute Gasteiger partial charge is 0.323 e. The molecular formula is C20H16N6O3. The molecule has 0 unspecified atom stereocenters. The Labute approximate surface area is 163 Å². The van der Waals surface area contributed by atoms with E-state index < -0.39 is 0 Å². The average molecular weight is 388 g/mol. The summed E-state index contributed by atoms with van der Waals surface area (Å²) in [6.07, 6.45) is 1.56. The molecule has 0 aliphatic heterocycles. The molecule has 0 atom stereocenters. The summed E-state index contributed by atoms with van der Waals surface area (Å²) in [6.45, 7) is 1.84. The van der Waals surface area contributed by atoms with Crippen LogP contribution >= 0.6 is 0 Å². The maximum atomic E-state index is 13.2. The molecule has 1 amide bonds. The van der Waals surface area contributed by atoms with E-state index >= 15 is 0 Å². The number of benzene rings is 1. The van der Waals surface area contributed by atoms with Gasteiger partial charge >= 0.3 is 5.69 Å². The number of pyridine rings is 1. The molecule has 29 heavy (non-hydrogen) atoms. The Morgan fingerprint density at radius 2 is 2.00 bits per heavy atom. The van der Waals surface area contributed by atoms with Crippen molar-refractivity contribution in [2.45, 2.75) is 6.92 Å². The molecule has 0 saturated heterocycles. The minimum atomic E-state index is -0.307. The average Bonchev–Trinajstić information content (AvgIpc) is 3.40. The van der Waals surface area contributed by atoms with Gasteiger partial charge in [0.25, 0.3) is 5.91 Å². The van der Waals surface area contributed by atoms with Crippen molar-refractivity contribution in [3.63, 3.8) is 0 Å². The second-order valence-electron chi connectivity index (χ2n) is 6.73. The molecule has 5 rings (SSSR count). The lowest BCUT2D eigenvalue weighted by Crippen LogP contribution is -2.13. The number of imidazole rings is 1. The summed E-state index contributed by atoms with van der Waals surface area (Å²) >= 11 is 0. The first-order valence-corrected chi connectivity index (χ1v) is 8.91. The summed E-state index contributed by atoms with van der Waals surface area (Å²) < 4.78 is 7.10. The highest BCUT2D eigenvalue weighted by molar-refractivity contribution is 6.13. The van der Waals surface area contributed by atoms with Crippen LogP contribution in [-0.2, 0) is 7.05 Å². The van der Waals surface area contributed by atoms with Gasteiger partial charge < -0.3 is 19.7 Å². The van der Waals surface area contributed by atoms with Crippen LogP contribution < -0.4 is 11.0 Å². The topological polar surface area (TPSA) is 122 Å². The zero-order chi connectivity index (χ0) is 20.1. The Kier molecular flexibility index (Phi) is 3.63. The minimum absolute atomic E-state index is 0.298. The lowest BCUT2D eigenvalue weighted by molar-refractivity contribution is 0.102. The number of H-pyrrole nitrogens is 2. The molecule has 144 valence electrons. The highest BCUT2D eigenvalue weighted by Crippen LogP contribution is 2.28. The monoisotopic (exact) mass is 388 g/mol. The van der Waals surface area contributed by atoms with Gasteiger partial charge in [0.1, 0.15) is 5.69 Å². The lowest BCUT2D eigenvalue weighted by Gasteiger charge is -2.09. The number of hydrogen-bond donors (Lipinski definition) is 3. The summed E-state index contributed by atoms with van der Waals surface area (Å²) in [5, 5.41) is 7.97. The molecule has 4 heterocycles. The van der Waals surface area contributed by atoms with E-state index in [0.717, 1.165) is 0 Å². The standard InChI is InChI=1S/C20H16N6O3/c1-10-17-12(9-15(16-4-3-7-29-16)22-18(17)26(2)25-10)19(27)21-11-5-6-13-14(8-11)24-20(28)23-13/h3-9H,1-2H3,(H,21,27)(H2,23,24,28). The summed E-state index contributed by atoms with van der Waals surface area (Å²) in [7, 11) is 1.78. The predicted molar refractivity (Wildman–Crippen MR) is 108 cm³/mol. The first kappa shape index (κ1) is 17.0. The van der Waals surface area contributed by atoms with Crippen LogP contribution in [0.3, 0.4) is 0 Å². The highest BCUT2D eigenvalue weighted by atomic mass is 16.3. The minimum Gasteiger partial charge on any atom is -0.463 e. The van der Waals surface area contributed by atoms with Crippen LogP contribution in [0.4, 0.5) is 5.69 Å². The number of aromatic amines is 2. The normalized spacial score (nSPS) is 11.4. The number of anilines is 1.